The summed E-state index contributed by atoms with van der Waals surface area (Å²) in [6, 6.07) is 15.0. The van der Waals surface area contributed by atoms with E-state index in [9.17, 15) is 4.79 Å². The van der Waals surface area contributed by atoms with E-state index in [2.05, 4.69) is 12.2 Å². The van der Waals surface area contributed by atoms with Gasteiger partial charge in [0.05, 0.1) is 6.61 Å². The predicted molar refractivity (Wildman–Crippen MR) is 96.8 cm³/mol. The molecule has 1 amide bonds. The Morgan fingerprint density at radius 3 is 2.38 bits per heavy atom. The Balaban J connectivity index is 1.74. The Labute approximate surface area is 143 Å². The van der Waals surface area contributed by atoms with Gasteiger partial charge in [0.15, 0.2) is 6.61 Å². The minimum Gasteiger partial charge on any atom is -0.494 e. The molecule has 4 nitrogen and oxygen atoms in total. The number of unbranched alkanes of at least 4 members (excludes halogenated alkanes) is 2. The minimum atomic E-state index is -0.180. The van der Waals surface area contributed by atoms with Crippen molar-refractivity contribution >= 4 is 11.6 Å². The molecule has 0 saturated heterocycles. The lowest BCUT2D eigenvalue weighted by molar-refractivity contribution is -0.118. The Kier molecular flexibility index (Phi) is 7.15. The fourth-order valence-corrected chi connectivity index (χ4v) is 2.24. The van der Waals surface area contributed by atoms with Crippen molar-refractivity contribution in [1.29, 1.82) is 0 Å². The second kappa shape index (κ2) is 9.60. The van der Waals surface area contributed by atoms with E-state index in [0.29, 0.717) is 5.75 Å². The molecule has 4 heteroatoms. The standard InChI is InChI=1S/C20H25NO3/c1-3-4-5-13-23-18-9-11-19(12-10-18)24-15-20(22)21-17-8-6-7-16(2)14-17/h6-12,14H,3-5,13,15H2,1-2H3,(H,21,22). The number of hydrogen-bond donors (Lipinski definition) is 1. The van der Waals surface area contributed by atoms with Crippen LogP contribution in [0, 0.1) is 6.92 Å². The van der Waals surface area contributed by atoms with Crippen LogP contribution in [0.1, 0.15) is 31.7 Å². The zero-order valence-corrected chi connectivity index (χ0v) is 14.4. The van der Waals surface area contributed by atoms with Gasteiger partial charge in [-0.3, -0.25) is 4.79 Å². The molecule has 0 saturated carbocycles. The molecule has 0 heterocycles. The van der Waals surface area contributed by atoms with E-state index in [0.717, 1.165) is 30.0 Å². The lowest BCUT2D eigenvalue weighted by Gasteiger charge is -2.09. The summed E-state index contributed by atoms with van der Waals surface area (Å²) in [5.41, 5.74) is 1.88. The number of benzene rings is 2. The summed E-state index contributed by atoms with van der Waals surface area (Å²) < 4.78 is 11.1. The van der Waals surface area contributed by atoms with Crippen molar-refractivity contribution in [2.24, 2.45) is 0 Å². The number of hydrogen-bond acceptors (Lipinski definition) is 3. The minimum absolute atomic E-state index is 0.0232. The van der Waals surface area contributed by atoms with Gasteiger partial charge in [-0.1, -0.05) is 31.9 Å². The highest BCUT2D eigenvalue weighted by Gasteiger charge is 2.04. The molecule has 0 fully saturated rings. The smallest absolute Gasteiger partial charge is 0.262 e. The molecule has 0 aliphatic carbocycles. The first kappa shape index (κ1) is 17.9. The van der Waals surface area contributed by atoms with Crippen molar-refractivity contribution in [1.82, 2.24) is 0 Å². The van der Waals surface area contributed by atoms with Crippen molar-refractivity contribution < 1.29 is 14.3 Å². The van der Waals surface area contributed by atoms with Crippen LogP contribution in [0.15, 0.2) is 48.5 Å². The molecule has 0 unspecified atom stereocenters. The molecule has 0 aromatic heterocycles. The summed E-state index contributed by atoms with van der Waals surface area (Å²) in [5, 5.41) is 2.82. The highest BCUT2D eigenvalue weighted by Crippen LogP contribution is 2.18. The predicted octanol–water partition coefficient (Wildman–Crippen LogP) is 4.58. The molecule has 2 aromatic rings. The first-order chi connectivity index (χ1) is 11.7. The van der Waals surface area contributed by atoms with Crippen LogP contribution in [0.3, 0.4) is 0 Å². The molecule has 0 atom stereocenters. The van der Waals surface area contributed by atoms with Crippen LogP contribution in [0.2, 0.25) is 0 Å². The summed E-state index contributed by atoms with van der Waals surface area (Å²) >= 11 is 0. The zero-order valence-electron chi connectivity index (χ0n) is 14.4. The first-order valence-corrected chi connectivity index (χ1v) is 8.39. The van der Waals surface area contributed by atoms with E-state index in [-0.39, 0.29) is 12.5 Å². The van der Waals surface area contributed by atoms with E-state index in [1.54, 1.807) is 0 Å². The number of ether oxygens (including phenoxy) is 2. The van der Waals surface area contributed by atoms with E-state index >= 15 is 0 Å². The van der Waals surface area contributed by atoms with E-state index in [1.165, 1.54) is 12.8 Å². The summed E-state index contributed by atoms with van der Waals surface area (Å²) in [4.78, 5) is 11.9. The monoisotopic (exact) mass is 327 g/mol. The van der Waals surface area contributed by atoms with Gasteiger partial charge in [-0.15, -0.1) is 0 Å². The van der Waals surface area contributed by atoms with Crippen LogP contribution < -0.4 is 14.8 Å². The molecule has 2 aromatic carbocycles. The number of aryl methyl sites for hydroxylation is 1. The third-order valence-electron chi connectivity index (χ3n) is 3.51. The highest BCUT2D eigenvalue weighted by molar-refractivity contribution is 5.91. The van der Waals surface area contributed by atoms with Gasteiger partial charge in [-0.05, 0) is 55.3 Å². The largest absolute Gasteiger partial charge is 0.494 e. The van der Waals surface area contributed by atoms with Crippen molar-refractivity contribution in [3.8, 4) is 11.5 Å². The topological polar surface area (TPSA) is 47.6 Å². The van der Waals surface area contributed by atoms with Crippen LogP contribution in [0.4, 0.5) is 5.69 Å². The van der Waals surface area contributed by atoms with Crippen LogP contribution >= 0.6 is 0 Å². The molecule has 128 valence electrons. The van der Waals surface area contributed by atoms with Gasteiger partial charge in [-0.25, -0.2) is 0 Å². The SMILES string of the molecule is CCCCCOc1ccc(OCC(=O)Nc2cccc(C)c2)cc1. The second-order valence-electron chi connectivity index (χ2n) is 5.73. The quantitative estimate of drug-likeness (QED) is 0.686. The normalized spacial score (nSPS) is 10.2. The first-order valence-electron chi connectivity index (χ1n) is 8.39. The van der Waals surface area contributed by atoms with Gasteiger partial charge in [0, 0.05) is 5.69 Å². The molecule has 1 N–H and O–H groups in total. The fraction of sp³-hybridized carbons (Fsp3) is 0.350. The Morgan fingerprint density at radius 2 is 1.71 bits per heavy atom. The molecule has 2 rings (SSSR count). The van der Waals surface area contributed by atoms with Gasteiger partial charge in [0.25, 0.3) is 5.91 Å². The van der Waals surface area contributed by atoms with Gasteiger partial charge in [0.2, 0.25) is 0 Å². The van der Waals surface area contributed by atoms with Gasteiger partial charge >= 0.3 is 0 Å². The van der Waals surface area contributed by atoms with Crippen LogP contribution in [0.25, 0.3) is 0 Å². The number of carbonyl (C=O) groups excluding carboxylic acids is 1. The summed E-state index contributed by atoms with van der Waals surface area (Å²) in [6.45, 7) is 4.86. The molecule has 24 heavy (non-hydrogen) atoms. The van der Waals surface area contributed by atoms with Crippen molar-refractivity contribution in [3.63, 3.8) is 0 Å². The van der Waals surface area contributed by atoms with Gasteiger partial charge < -0.3 is 14.8 Å². The maximum absolute atomic E-state index is 11.9. The zero-order chi connectivity index (χ0) is 17.2. The molecule has 0 spiro atoms. The van der Waals surface area contributed by atoms with Crippen LogP contribution in [-0.4, -0.2) is 19.1 Å². The highest BCUT2D eigenvalue weighted by atomic mass is 16.5. The average molecular weight is 327 g/mol. The maximum Gasteiger partial charge on any atom is 0.262 e. The molecule has 0 aliphatic rings. The molecular formula is C20H25NO3. The van der Waals surface area contributed by atoms with E-state index in [1.807, 2.05) is 55.5 Å². The van der Waals surface area contributed by atoms with Gasteiger partial charge in [0.1, 0.15) is 11.5 Å². The third-order valence-corrected chi connectivity index (χ3v) is 3.51. The lowest BCUT2D eigenvalue weighted by atomic mass is 10.2. The number of carbonyl (C=O) groups is 1. The Hall–Kier alpha value is -2.49. The number of anilines is 1. The van der Waals surface area contributed by atoms with Crippen LogP contribution in [0.5, 0.6) is 11.5 Å². The summed E-state index contributed by atoms with van der Waals surface area (Å²) in [7, 11) is 0. The third kappa shape index (κ3) is 6.32. The van der Waals surface area contributed by atoms with Gasteiger partial charge in [-0.2, -0.15) is 0 Å². The molecule has 0 radical (unpaired) electrons. The van der Waals surface area contributed by atoms with Crippen molar-refractivity contribution in [3.05, 3.63) is 54.1 Å². The Morgan fingerprint density at radius 1 is 1.00 bits per heavy atom. The van der Waals surface area contributed by atoms with Crippen molar-refractivity contribution in [2.45, 2.75) is 33.1 Å². The van der Waals surface area contributed by atoms with E-state index in [4.69, 9.17) is 9.47 Å². The molecule has 0 bridgehead atoms. The lowest BCUT2D eigenvalue weighted by Crippen LogP contribution is -2.20. The number of amides is 1. The molecular weight excluding hydrogens is 302 g/mol. The van der Waals surface area contributed by atoms with Crippen molar-refractivity contribution in [2.75, 3.05) is 18.5 Å². The Bertz CT molecular complexity index is 638. The fourth-order valence-electron chi connectivity index (χ4n) is 2.24. The summed E-state index contributed by atoms with van der Waals surface area (Å²) in [6.07, 6.45) is 3.42. The van der Waals surface area contributed by atoms with Crippen LogP contribution in [-0.2, 0) is 4.79 Å². The molecule has 0 aliphatic heterocycles. The average Bonchev–Trinajstić information content (AvgIpc) is 2.58. The summed E-state index contributed by atoms with van der Waals surface area (Å²) in [5.74, 6) is 1.29. The van der Waals surface area contributed by atoms with E-state index < -0.39 is 0 Å². The number of nitrogens with one attached hydrogen (secondary N) is 1. The maximum atomic E-state index is 11.9. The second-order valence-corrected chi connectivity index (χ2v) is 5.73. The number of rotatable bonds is 9.